The largest absolute Gasteiger partial charge is 0.496 e. The van der Waals surface area contributed by atoms with Crippen molar-refractivity contribution in [1.82, 2.24) is 4.57 Å². The van der Waals surface area contributed by atoms with Crippen molar-refractivity contribution >= 4 is 34.2 Å². The Bertz CT molecular complexity index is 1390. The minimum atomic E-state index is -1.39. The van der Waals surface area contributed by atoms with E-state index >= 15 is 4.39 Å². The van der Waals surface area contributed by atoms with Crippen LogP contribution in [-0.2, 0) is 15.9 Å². The van der Waals surface area contributed by atoms with Crippen molar-refractivity contribution in [2.24, 2.45) is 0 Å². The minimum Gasteiger partial charge on any atom is -0.496 e. The van der Waals surface area contributed by atoms with Crippen molar-refractivity contribution in [3.05, 3.63) is 68.2 Å². The van der Waals surface area contributed by atoms with E-state index in [0.29, 0.717) is 61.7 Å². The van der Waals surface area contributed by atoms with E-state index in [2.05, 4.69) is 4.90 Å². The summed E-state index contributed by atoms with van der Waals surface area (Å²) in [6, 6.07) is 5.88. The van der Waals surface area contributed by atoms with Gasteiger partial charge >= 0.3 is 5.97 Å². The molecule has 2 N–H and O–H groups in total. The molecule has 1 aliphatic heterocycles. The van der Waals surface area contributed by atoms with Gasteiger partial charge in [0, 0.05) is 56.6 Å². The number of carboxylic acids is 1. The predicted molar refractivity (Wildman–Crippen MR) is 142 cm³/mol. The number of ether oxygens (including phenoxy) is 3. The van der Waals surface area contributed by atoms with Crippen LogP contribution in [0.2, 0.25) is 5.02 Å². The highest BCUT2D eigenvalue weighted by Gasteiger charge is 2.22. The van der Waals surface area contributed by atoms with E-state index in [-0.39, 0.29) is 23.4 Å². The number of aliphatic hydroxyl groups excluding tert-OH is 1. The topological polar surface area (TPSA) is 110 Å². The van der Waals surface area contributed by atoms with Gasteiger partial charge in [0.2, 0.25) is 5.43 Å². The zero-order valence-electron chi connectivity index (χ0n) is 21.2. The molecule has 0 bridgehead atoms. The fourth-order valence-corrected chi connectivity index (χ4v) is 4.98. The summed E-state index contributed by atoms with van der Waals surface area (Å²) in [6.45, 7) is 2.42. The molecule has 1 atom stereocenters. The van der Waals surface area contributed by atoms with E-state index in [0.717, 1.165) is 5.69 Å². The Morgan fingerprint density at radius 1 is 1.18 bits per heavy atom. The van der Waals surface area contributed by atoms with E-state index in [9.17, 15) is 19.8 Å². The first-order valence-electron chi connectivity index (χ1n) is 12.2. The van der Waals surface area contributed by atoms with Gasteiger partial charge in [0.1, 0.15) is 17.1 Å². The van der Waals surface area contributed by atoms with Gasteiger partial charge in [-0.3, -0.25) is 4.79 Å². The van der Waals surface area contributed by atoms with Gasteiger partial charge in [-0.15, -0.1) is 0 Å². The van der Waals surface area contributed by atoms with Gasteiger partial charge in [-0.2, -0.15) is 0 Å². The third-order valence-corrected chi connectivity index (χ3v) is 7.04. The summed E-state index contributed by atoms with van der Waals surface area (Å²) >= 11 is 6.25. The van der Waals surface area contributed by atoms with Crippen LogP contribution in [0.15, 0.2) is 35.3 Å². The number of pyridine rings is 1. The molecule has 0 spiro atoms. The number of aromatic carboxylic acids is 1. The van der Waals surface area contributed by atoms with Gasteiger partial charge in [0.15, 0.2) is 0 Å². The highest BCUT2D eigenvalue weighted by molar-refractivity contribution is 6.31. The molecule has 0 unspecified atom stereocenters. The maximum Gasteiger partial charge on any atom is 0.341 e. The summed E-state index contributed by atoms with van der Waals surface area (Å²) in [4.78, 5) is 27.2. The number of fused-ring (bicyclic) bond motifs is 1. The van der Waals surface area contributed by atoms with E-state index in [1.807, 2.05) is 0 Å². The van der Waals surface area contributed by atoms with Crippen LogP contribution in [0.25, 0.3) is 10.9 Å². The van der Waals surface area contributed by atoms with Crippen LogP contribution in [-0.4, -0.2) is 74.5 Å². The molecule has 1 fully saturated rings. The zero-order chi connectivity index (χ0) is 27.4. The highest BCUT2D eigenvalue weighted by atomic mass is 35.5. The monoisotopic (exact) mass is 548 g/mol. The Balaban J connectivity index is 1.86. The van der Waals surface area contributed by atoms with Crippen molar-refractivity contribution < 1.29 is 33.6 Å². The molecular formula is C27H30ClFN2O7. The molecule has 11 heteroatoms. The molecule has 2 aromatic carbocycles. The molecule has 1 aromatic heterocycles. The molecule has 0 radical (unpaired) electrons. The van der Waals surface area contributed by atoms with Gasteiger partial charge in [0.25, 0.3) is 0 Å². The second-order valence-corrected chi connectivity index (χ2v) is 9.47. The average Bonchev–Trinajstić information content (AvgIpc) is 2.92. The number of carbonyl (C=O) groups is 1. The number of nitrogens with zero attached hydrogens (tertiary/aromatic N) is 2. The molecule has 3 aromatic rings. The van der Waals surface area contributed by atoms with E-state index in [1.165, 1.54) is 26.5 Å². The third-order valence-electron chi connectivity index (χ3n) is 6.77. The number of hydrogen-bond acceptors (Lipinski definition) is 7. The third kappa shape index (κ3) is 5.63. The Morgan fingerprint density at radius 2 is 1.92 bits per heavy atom. The molecule has 4 rings (SSSR count). The van der Waals surface area contributed by atoms with Crippen molar-refractivity contribution in [2.75, 3.05) is 58.6 Å². The van der Waals surface area contributed by atoms with Crippen molar-refractivity contribution in [2.45, 2.75) is 18.9 Å². The smallest absolute Gasteiger partial charge is 0.341 e. The van der Waals surface area contributed by atoms with Gasteiger partial charge in [-0.25, -0.2) is 9.18 Å². The highest BCUT2D eigenvalue weighted by Crippen LogP contribution is 2.33. The molecule has 9 nitrogen and oxygen atoms in total. The van der Waals surface area contributed by atoms with E-state index in [4.69, 9.17) is 25.8 Å². The zero-order valence-corrected chi connectivity index (χ0v) is 22.0. The molecular weight excluding hydrogens is 519 g/mol. The first kappa shape index (κ1) is 27.8. The van der Waals surface area contributed by atoms with Crippen molar-refractivity contribution in [3.63, 3.8) is 0 Å². The number of hydrogen-bond donors (Lipinski definition) is 2. The van der Waals surface area contributed by atoms with Crippen LogP contribution in [0, 0.1) is 5.82 Å². The van der Waals surface area contributed by atoms with Gasteiger partial charge < -0.3 is 33.9 Å². The van der Waals surface area contributed by atoms with Crippen LogP contribution >= 0.6 is 11.6 Å². The molecule has 38 heavy (non-hydrogen) atoms. The maximum absolute atomic E-state index is 15.2. The van der Waals surface area contributed by atoms with Crippen LogP contribution in [0.5, 0.6) is 5.75 Å². The normalized spacial score (nSPS) is 14.6. The second-order valence-electron chi connectivity index (χ2n) is 9.06. The SMILES string of the molecule is COCC[C@H](CO)n1cc(C(=O)O)c(=O)c2cc(Cc3cc(N4CCOCC4)cc(Cl)c3F)c(OC)cc21. The number of methoxy groups -OCH3 is 2. The molecule has 0 saturated carbocycles. The number of anilines is 1. The fourth-order valence-electron chi connectivity index (χ4n) is 4.74. The molecule has 204 valence electrons. The lowest BCUT2D eigenvalue weighted by Gasteiger charge is -2.29. The lowest BCUT2D eigenvalue weighted by molar-refractivity contribution is 0.0694. The molecule has 0 amide bonds. The number of carboxylic acid groups (broad SMARTS) is 1. The summed E-state index contributed by atoms with van der Waals surface area (Å²) in [6.07, 6.45) is 1.66. The number of rotatable bonds is 10. The van der Waals surface area contributed by atoms with Crippen LogP contribution in [0.3, 0.4) is 0 Å². The number of benzene rings is 2. The Morgan fingerprint density at radius 3 is 2.55 bits per heavy atom. The summed E-state index contributed by atoms with van der Waals surface area (Å²) in [5.41, 5.74) is 0.812. The van der Waals surface area contributed by atoms with E-state index < -0.39 is 28.8 Å². The average molecular weight is 549 g/mol. The second kappa shape index (κ2) is 12.1. The van der Waals surface area contributed by atoms with Crippen molar-refractivity contribution in [1.29, 1.82) is 0 Å². The lowest BCUT2D eigenvalue weighted by atomic mass is 9.99. The lowest BCUT2D eigenvalue weighted by Crippen LogP contribution is -2.36. The fraction of sp³-hybridized carbons (Fsp3) is 0.407. The summed E-state index contributed by atoms with van der Waals surface area (Å²) in [5, 5.41) is 19.8. The number of halogens is 2. The quantitative estimate of drug-likeness (QED) is 0.396. The summed E-state index contributed by atoms with van der Waals surface area (Å²) in [5.74, 6) is -1.59. The van der Waals surface area contributed by atoms with E-state index in [1.54, 1.807) is 22.8 Å². The Labute approximate surface area is 223 Å². The summed E-state index contributed by atoms with van der Waals surface area (Å²) < 4.78 is 32.9. The van der Waals surface area contributed by atoms with Gasteiger partial charge in [-0.1, -0.05) is 11.6 Å². The molecule has 0 aliphatic carbocycles. The molecule has 2 heterocycles. The summed E-state index contributed by atoms with van der Waals surface area (Å²) in [7, 11) is 2.98. The van der Waals surface area contributed by atoms with Gasteiger partial charge in [0.05, 0.1) is 43.5 Å². The maximum atomic E-state index is 15.2. The number of aromatic nitrogens is 1. The first-order chi connectivity index (χ1) is 18.3. The van der Waals surface area contributed by atoms with Crippen LogP contribution in [0.1, 0.15) is 33.9 Å². The number of aliphatic hydroxyl groups is 1. The standard InChI is InChI=1S/C27H30ClFN2O7/c1-36-6-3-18(15-32)31-14-21(27(34)35)26(33)20-11-16(24(37-2)13-23(20)31)9-17-10-19(12-22(28)25(17)29)30-4-7-38-8-5-30/h10-14,18,32H,3-9,15H2,1-2H3,(H,34,35)/t18-/m1/s1. The Kier molecular flexibility index (Phi) is 8.88. The minimum absolute atomic E-state index is 0.0248. The van der Waals surface area contributed by atoms with Crippen LogP contribution in [0.4, 0.5) is 10.1 Å². The molecule has 1 saturated heterocycles. The van der Waals surface area contributed by atoms with Gasteiger partial charge in [-0.05, 0) is 35.7 Å². The first-order valence-corrected chi connectivity index (χ1v) is 12.6. The Hall–Kier alpha value is -3.18. The van der Waals surface area contributed by atoms with Crippen LogP contribution < -0.4 is 15.1 Å². The number of morpholine rings is 1. The van der Waals surface area contributed by atoms with Crippen molar-refractivity contribution in [3.8, 4) is 5.75 Å². The predicted octanol–water partition coefficient (Wildman–Crippen LogP) is 3.50. The molecule has 1 aliphatic rings.